The summed E-state index contributed by atoms with van der Waals surface area (Å²) in [4.78, 5) is 20.7. The van der Waals surface area contributed by atoms with E-state index in [4.69, 9.17) is 4.52 Å². The molecule has 0 saturated heterocycles. The molecule has 0 unspecified atom stereocenters. The van der Waals surface area contributed by atoms with Crippen LogP contribution in [-0.4, -0.2) is 37.4 Å². The van der Waals surface area contributed by atoms with Gasteiger partial charge in [-0.2, -0.15) is 5.10 Å². The Hall–Kier alpha value is -3.81. The van der Waals surface area contributed by atoms with Crippen LogP contribution in [0.5, 0.6) is 0 Å². The summed E-state index contributed by atoms with van der Waals surface area (Å²) >= 11 is 0. The van der Waals surface area contributed by atoms with E-state index in [0.29, 0.717) is 24.5 Å². The molecule has 0 aliphatic carbocycles. The Morgan fingerprint density at radius 3 is 2.69 bits per heavy atom. The number of aromatic nitrogens is 5. The van der Waals surface area contributed by atoms with Gasteiger partial charge in [0.05, 0.1) is 29.7 Å². The highest BCUT2D eigenvalue weighted by Crippen LogP contribution is 2.32. The number of pyridine rings is 2. The van der Waals surface area contributed by atoms with Gasteiger partial charge in [0.15, 0.2) is 5.76 Å². The number of nitrogens with zero attached hydrogens (tertiary/aromatic N) is 5. The van der Waals surface area contributed by atoms with Crippen LogP contribution in [-0.2, 0) is 6.54 Å². The number of carbonyl (C=O) groups excluding carboxylic acids is 1. The molecule has 0 aliphatic rings. The van der Waals surface area contributed by atoms with Gasteiger partial charge in [-0.25, -0.2) is 0 Å². The Labute approximate surface area is 167 Å². The second kappa shape index (κ2) is 8.05. The van der Waals surface area contributed by atoms with E-state index in [1.807, 2.05) is 42.9 Å². The molecule has 4 aromatic heterocycles. The third kappa shape index (κ3) is 4.06. The van der Waals surface area contributed by atoms with Crippen LogP contribution in [0.3, 0.4) is 0 Å². The van der Waals surface area contributed by atoms with Crippen molar-refractivity contribution >= 4 is 5.91 Å². The Kier molecular flexibility index (Phi) is 5.15. The molecule has 8 nitrogen and oxygen atoms in total. The Morgan fingerprint density at radius 1 is 1.10 bits per heavy atom. The van der Waals surface area contributed by atoms with Gasteiger partial charge < -0.3 is 9.84 Å². The SMILES string of the molecule is Cc1ccc(-c2c(-c3cc(C)no3)cnn2CCNC(=O)c2ccccn2)cn1. The fraction of sp³-hybridized carbons (Fsp3) is 0.190. The lowest BCUT2D eigenvalue weighted by Crippen LogP contribution is -2.28. The first-order valence-electron chi connectivity index (χ1n) is 9.23. The van der Waals surface area contributed by atoms with Gasteiger partial charge in [0.2, 0.25) is 0 Å². The van der Waals surface area contributed by atoms with Crippen LogP contribution in [0.15, 0.2) is 59.5 Å². The van der Waals surface area contributed by atoms with Crippen molar-refractivity contribution in [1.29, 1.82) is 0 Å². The zero-order valence-corrected chi connectivity index (χ0v) is 16.2. The van der Waals surface area contributed by atoms with Gasteiger partial charge in [0.1, 0.15) is 5.69 Å². The Morgan fingerprint density at radius 2 is 2.00 bits per heavy atom. The molecule has 146 valence electrons. The molecule has 0 radical (unpaired) electrons. The van der Waals surface area contributed by atoms with Crippen LogP contribution < -0.4 is 5.32 Å². The Balaban J connectivity index is 1.59. The van der Waals surface area contributed by atoms with Gasteiger partial charge in [0, 0.05) is 36.3 Å². The van der Waals surface area contributed by atoms with Gasteiger partial charge in [-0.15, -0.1) is 0 Å². The van der Waals surface area contributed by atoms with Crippen LogP contribution in [0.25, 0.3) is 22.6 Å². The largest absolute Gasteiger partial charge is 0.356 e. The minimum absolute atomic E-state index is 0.220. The van der Waals surface area contributed by atoms with Crippen LogP contribution >= 0.6 is 0 Å². The molecule has 29 heavy (non-hydrogen) atoms. The first-order chi connectivity index (χ1) is 14.1. The number of amides is 1. The average molecular weight is 388 g/mol. The minimum atomic E-state index is -0.220. The molecular formula is C21H20N6O2. The molecule has 0 aliphatic heterocycles. The number of nitrogens with one attached hydrogen (secondary N) is 1. The van der Waals surface area contributed by atoms with Crippen molar-refractivity contribution in [2.75, 3.05) is 6.54 Å². The summed E-state index contributed by atoms with van der Waals surface area (Å²) < 4.78 is 7.28. The predicted octanol–water partition coefficient (Wildman–Crippen LogP) is 3.04. The van der Waals surface area contributed by atoms with E-state index in [9.17, 15) is 4.79 Å². The van der Waals surface area contributed by atoms with E-state index >= 15 is 0 Å². The molecule has 0 bridgehead atoms. The highest BCUT2D eigenvalue weighted by molar-refractivity contribution is 5.92. The van der Waals surface area contributed by atoms with E-state index in [2.05, 4.69) is 25.5 Å². The molecule has 1 amide bonds. The average Bonchev–Trinajstić information content (AvgIpc) is 3.35. The highest BCUT2D eigenvalue weighted by Gasteiger charge is 2.18. The first kappa shape index (κ1) is 18.5. The van der Waals surface area contributed by atoms with E-state index in [0.717, 1.165) is 28.2 Å². The molecule has 4 aromatic rings. The normalized spacial score (nSPS) is 10.8. The van der Waals surface area contributed by atoms with Gasteiger partial charge >= 0.3 is 0 Å². The fourth-order valence-electron chi connectivity index (χ4n) is 3.00. The van der Waals surface area contributed by atoms with E-state index in [1.54, 1.807) is 30.6 Å². The fourth-order valence-corrected chi connectivity index (χ4v) is 3.00. The summed E-state index contributed by atoms with van der Waals surface area (Å²) in [6.45, 7) is 4.69. The monoisotopic (exact) mass is 388 g/mol. The number of hydrogen-bond acceptors (Lipinski definition) is 6. The quantitative estimate of drug-likeness (QED) is 0.545. The van der Waals surface area contributed by atoms with Crippen molar-refractivity contribution in [3.05, 3.63) is 72.1 Å². The Bertz CT molecular complexity index is 1120. The van der Waals surface area contributed by atoms with Gasteiger partial charge in [0.25, 0.3) is 5.91 Å². The maximum Gasteiger partial charge on any atom is 0.269 e. The third-order valence-corrected chi connectivity index (χ3v) is 4.42. The summed E-state index contributed by atoms with van der Waals surface area (Å²) in [6.07, 6.45) is 5.15. The summed E-state index contributed by atoms with van der Waals surface area (Å²) in [7, 11) is 0. The van der Waals surface area contributed by atoms with Gasteiger partial charge in [-0.05, 0) is 38.1 Å². The van der Waals surface area contributed by atoms with Gasteiger partial charge in [-0.1, -0.05) is 11.2 Å². The van der Waals surface area contributed by atoms with Crippen LogP contribution in [0.2, 0.25) is 0 Å². The standard InChI is InChI=1S/C21H20N6O2/c1-14-6-7-16(12-24-14)20-17(19-11-15(2)26-29-19)13-25-27(20)10-9-23-21(28)18-5-3-4-8-22-18/h3-8,11-13H,9-10H2,1-2H3,(H,23,28). The molecule has 0 atom stereocenters. The second-order valence-electron chi connectivity index (χ2n) is 6.62. The second-order valence-corrected chi connectivity index (χ2v) is 6.62. The molecule has 4 heterocycles. The van der Waals surface area contributed by atoms with E-state index in [1.165, 1.54) is 0 Å². The van der Waals surface area contributed by atoms with Crippen LogP contribution in [0, 0.1) is 13.8 Å². The first-order valence-corrected chi connectivity index (χ1v) is 9.23. The zero-order valence-electron chi connectivity index (χ0n) is 16.2. The summed E-state index contributed by atoms with van der Waals surface area (Å²) in [5.41, 5.74) is 4.71. The van der Waals surface area contributed by atoms with E-state index < -0.39 is 0 Å². The lowest BCUT2D eigenvalue weighted by Gasteiger charge is -2.10. The molecule has 0 saturated carbocycles. The number of hydrogen-bond donors (Lipinski definition) is 1. The molecule has 0 spiro atoms. The highest BCUT2D eigenvalue weighted by atomic mass is 16.5. The van der Waals surface area contributed by atoms with Crippen LogP contribution in [0.4, 0.5) is 0 Å². The molecule has 4 rings (SSSR count). The molecular weight excluding hydrogens is 368 g/mol. The topological polar surface area (TPSA) is 98.7 Å². The molecule has 8 heteroatoms. The summed E-state index contributed by atoms with van der Waals surface area (Å²) in [6, 6.07) is 11.0. The smallest absolute Gasteiger partial charge is 0.269 e. The lowest BCUT2D eigenvalue weighted by atomic mass is 10.1. The van der Waals surface area contributed by atoms with Crippen molar-refractivity contribution in [1.82, 2.24) is 30.2 Å². The molecule has 1 N–H and O–H groups in total. The van der Waals surface area contributed by atoms with Crippen molar-refractivity contribution in [2.45, 2.75) is 20.4 Å². The predicted molar refractivity (Wildman–Crippen MR) is 107 cm³/mol. The minimum Gasteiger partial charge on any atom is -0.356 e. The zero-order chi connectivity index (χ0) is 20.2. The summed E-state index contributed by atoms with van der Waals surface area (Å²) in [5, 5.41) is 11.4. The maximum absolute atomic E-state index is 12.2. The van der Waals surface area contributed by atoms with Crippen LogP contribution in [0.1, 0.15) is 21.9 Å². The van der Waals surface area contributed by atoms with Gasteiger partial charge in [-0.3, -0.25) is 19.4 Å². The number of aryl methyl sites for hydroxylation is 2. The summed E-state index contributed by atoms with van der Waals surface area (Å²) in [5.74, 6) is 0.421. The third-order valence-electron chi connectivity index (χ3n) is 4.42. The number of rotatable bonds is 6. The van der Waals surface area contributed by atoms with Crippen molar-refractivity contribution < 1.29 is 9.32 Å². The van der Waals surface area contributed by atoms with E-state index in [-0.39, 0.29) is 5.91 Å². The number of carbonyl (C=O) groups is 1. The van der Waals surface area contributed by atoms with Crippen molar-refractivity contribution in [3.63, 3.8) is 0 Å². The molecule has 0 fully saturated rings. The maximum atomic E-state index is 12.2. The van der Waals surface area contributed by atoms with Crippen molar-refractivity contribution in [2.24, 2.45) is 0 Å². The van der Waals surface area contributed by atoms with Crippen molar-refractivity contribution in [3.8, 4) is 22.6 Å². The molecule has 0 aromatic carbocycles. The lowest BCUT2D eigenvalue weighted by molar-refractivity contribution is 0.0947.